The third kappa shape index (κ3) is 2.99. The number of unbranched alkanes of at least 4 members (excludes halogenated alkanes) is 1. The first-order valence-corrected chi connectivity index (χ1v) is 9.34. The summed E-state index contributed by atoms with van der Waals surface area (Å²) in [6.07, 6.45) is 5.17. The molecule has 3 heteroatoms. The number of nitrogens with zero attached hydrogens (tertiary/aromatic N) is 1. The summed E-state index contributed by atoms with van der Waals surface area (Å²) in [6.45, 7) is 5.10. The van der Waals surface area contributed by atoms with Crippen molar-refractivity contribution in [3.8, 4) is 11.3 Å². The van der Waals surface area contributed by atoms with Gasteiger partial charge in [0.1, 0.15) is 0 Å². The van der Waals surface area contributed by atoms with E-state index in [1.807, 2.05) is 12.3 Å². The summed E-state index contributed by atoms with van der Waals surface area (Å²) in [5.41, 5.74) is 14.3. The lowest BCUT2D eigenvalue weighted by Gasteiger charge is -2.07. The van der Waals surface area contributed by atoms with E-state index in [1.165, 1.54) is 38.7 Å². The number of fused-ring (bicyclic) bond motifs is 2. The van der Waals surface area contributed by atoms with Crippen LogP contribution in [-0.4, -0.2) is 16.5 Å². The summed E-state index contributed by atoms with van der Waals surface area (Å²) >= 11 is 0. The molecule has 26 heavy (non-hydrogen) atoms. The van der Waals surface area contributed by atoms with Crippen LogP contribution in [0.3, 0.4) is 0 Å². The Morgan fingerprint density at radius 1 is 1.04 bits per heavy atom. The standard InChI is InChI=1S/C23H25N3/c1-15-11-16(2)22-19(8-5-6-10-24)23(26-21(22)12-15)18-13-17-7-3-4-9-20(17)25-14-18/h3-4,7,9,11-14,26H,5-6,8,10,24H2,1-2H3. The van der Waals surface area contributed by atoms with Gasteiger partial charge in [-0.15, -0.1) is 0 Å². The van der Waals surface area contributed by atoms with Crippen molar-refractivity contribution in [2.75, 3.05) is 6.54 Å². The number of para-hydroxylation sites is 1. The third-order valence-corrected chi connectivity index (χ3v) is 5.10. The average molecular weight is 343 g/mol. The maximum Gasteiger partial charge on any atom is 0.0702 e. The van der Waals surface area contributed by atoms with E-state index in [0.717, 1.165) is 36.9 Å². The van der Waals surface area contributed by atoms with Gasteiger partial charge in [0.15, 0.2) is 0 Å². The van der Waals surface area contributed by atoms with E-state index >= 15 is 0 Å². The Hall–Kier alpha value is -2.65. The lowest BCUT2D eigenvalue weighted by atomic mass is 9.97. The molecule has 0 spiro atoms. The Balaban J connectivity index is 1.91. The van der Waals surface area contributed by atoms with Crippen LogP contribution in [0.1, 0.15) is 29.5 Å². The molecule has 0 fully saturated rings. The van der Waals surface area contributed by atoms with Crippen molar-refractivity contribution in [1.29, 1.82) is 0 Å². The molecule has 0 atom stereocenters. The molecular formula is C23H25N3. The number of rotatable bonds is 5. The number of nitrogens with two attached hydrogens (primary N) is 1. The molecule has 132 valence electrons. The molecule has 0 amide bonds. The van der Waals surface area contributed by atoms with Gasteiger partial charge in [0, 0.05) is 28.0 Å². The summed E-state index contributed by atoms with van der Waals surface area (Å²) in [5, 5.41) is 2.53. The number of nitrogens with one attached hydrogen (secondary N) is 1. The summed E-state index contributed by atoms with van der Waals surface area (Å²) in [7, 11) is 0. The van der Waals surface area contributed by atoms with Crippen molar-refractivity contribution in [2.45, 2.75) is 33.1 Å². The van der Waals surface area contributed by atoms with Crippen LogP contribution < -0.4 is 5.73 Å². The van der Waals surface area contributed by atoms with Crippen LogP contribution in [0.15, 0.2) is 48.7 Å². The molecule has 0 aliphatic carbocycles. The Morgan fingerprint density at radius 3 is 2.73 bits per heavy atom. The molecule has 3 nitrogen and oxygen atoms in total. The molecule has 0 bridgehead atoms. The van der Waals surface area contributed by atoms with Gasteiger partial charge in [0.2, 0.25) is 0 Å². The molecule has 4 rings (SSSR count). The van der Waals surface area contributed by atoms with E-state index in [4.69, 9.17) is 5.73 Å². The second-order valence-electron chi connectivity index (χ2n) is 7.15. The van der Waals surface area contributed by atoms with Gasteiger partial charge in [0.05, 0.1) is 11.2 Å². The van der Waals surface area contributed by atoms with E-state index in [1.54, 1.807) is 0 Å². The molecule has 2 heterocycles. The normalized spacial score (nSPS) is 11.5. The quantitative estimate of drug-likeness (QED) is 0.484. The SMILES string of the molecule is Cc1cc(C)c2c(CCCCN)c(-c3cnc4ccccc4c3)[nH]c2c1. The van der Waals surface area contributed by atoms with E-state index in [9.17, 15) is 0 Å². The lowest BCUT2D eigenvalue weighted by molar-refractivity contribution is 0.748. The summed E-state index contributed by atoms with van der Waals surface area (Å²) in [6, 6.07) is 15.0. The van der Waals surface area contributed by atoms with Gasteiger partial charge in [-0.1, -0.05) is 24.3 Å². The highest BCUT2D eigenvalue weighted by Gasteiger charge is 2.16. The van der Waals surface area contributed by atoms with Crippen molar-refractivity contribution in [3.63, 3.8) is 0 Å². The monoisotopic (exact) mass is 343 g/mol. The Bertz CT molecular complexity index is 1080. The number of benzene rings is 2. The Morgan fingerprint density at radius 2 is 1.88 bits per heavy atom. The fourth-order valence-electron chi connectivity index (χ4n) is 3.95. The van der Waals surface area contributed by atoms with Crippen LogP contribution in [0.25, 0.3) is 33.1 Å². The van der Waals surface area contributed by atoms with Crippen LogP contribution in [0.4, 0.5) is 0 Å². The molecule has 0 aliphatic heterocycles. The van der Waals surface area contributed by atoms with E-state index in [2.05, 4.69) is 60.2 Å². The van der Waals surface area contributed by atoms with Gasteiger partial charge in [-0.2, -0.15) is 0 Å². The van der Waals surface area contributed by atoms with Crippen molar-refractivity contribution >= 4 is 21.8 Å². The van der Waals surface area contributed by atoms with Crippen LogP contribution in [0.2, 0.25) is 0 Å². The largest absolute Gasteiger partial charge is 0.354 e. The molecule has 0 unspecified atom stereocenters. The fraction of sp³-hybridized carbons (Fsp3) is 0.261. The van der Waals surface area contributed by atoms with E-state index in [-0.39, 0.29) is 0 Å². The number of H-pyrrole nitrogens is 1. The van der Waals surface area contributed by atoms with Gasteiger partial charge >= 0.3 is 0 Å². The molecule has 3 N–H and O–H groups in total. The van der Waals surface area contributed by atoms with Crippen molar-refractivity contribution in [3.05, 3.63) is 65.4 Å². The maximum atomic E-state index is 5.72. The Kier molecular flexibility index (Phi) is 4.48. The molecular weight excluding hydrogens is 318 g/mol. The van der Waals surface area contributed by atoms with Gasteiger partial charge in [-0.3, -0.25) is 4.98 Å². The summed E-state index contributed by atoms with van der Waals surface area (Å²) < 4.78 is 0. The zero-order valence-corrected chi connectivity index (χ0v) is 15.5. The highest BCUT2D eigenvalue weighted by molar-refractivity contribution is 5.95. The topological polar surface area (TPSA) is 54.7 Å². The van der Waals surface area contributed by atoms with E-state index in [0.29, 0.717) is 0 Å². The van der Waals surface area contributed by atoms with Gasteiger partial charge in [-0.05, 0) is 74.5 Å². The summed E-state index contributed by atoms with van der Waals surface area (Å²) in [4.78, 5) is 8.35. The molecule has 0 radical (unpaired) electrons. The predicted octanol–water partition coefficient (Wildman–Crippen LogP) is 5.28. The van der Waals surface area contributed by atoms with Crippen LogP contribution in [0, 0.1) is 13.8 Å². The van der Waals surface area contributed by atoms with Gasteiger partial charge < -0.3 is 10.7 Å². The molecule has 0 saturated heterocycles. The molecule has 2 aromatic carbocycles. The molecule has 2 aromatic heterocycles. The van der Waals surface area contributed by atoms with Gasteiger partial charge in [-0.25, -0.2) is 0 Å². The number of hydrogen-bond donors (Lipinski definition) is 2. The molecule has 0 saturated carbocycles. The number of pyridine rings is 1. The smallest absolute Gasteiger partial charge is 0.0702 e. The number of hydrogen-bond acceptors (Lipinski definition) is 2. The third-order valence-electron chi connectivity index (χ3n) is 5.10. The fourth-order valence-corrected chi connectivity index (χ4v) is 3.95. The predicted molar refractivity (Wildman–Crippen MR) is 111 cm³/mol. The van der Waals surface area contributed by atoms with Crippen LogP contribution in [0.5, 0.6) is 0 Å². The van der Waals surface area contributed by atoms with Crippen molar-refractivity contribution in [1.82, 2.24) is 9.97 Å². The zero-order chi connectivity index (χ0) is 18.1. The Labute approximate surface area is 154 Å². The first kappa shape index (κ1) is 16.8. The van der Waals surface area contributed by atoms with Crippen molar-refractivity contribution in [2.24, 2.45) is 5.73 Å². The number of aryl methyl sites for hydroxylation is 3. The first-order chi connectivity index (χ1) is 12.7. The molecule has 0 aliphatic rings. The van der Waals surface area contributed by atoms with Crippen LogP contribution in [-0.2, 0) is 6.42 Å². The second kappa shape index (κ2) is 6.93. The molecule has 4 aromatic rings. The minimum absolute atomic E-state index is 0.743. The second-order valence-corrected chi connectivity index (χ2v) is 7.15. The minimum Gasteiger partial charge on any atom is -0.354 e. The van der Waals surface area contributed by atoms with Gasteiger partial charge in [0.25, 0.3) is 0 Å². The van der Waals surface area contributed by atoms with Crippen molar-refractivity contribution < 1.29 is 0 Å². The minimum atomic E-state index is 0.743. The van der Waals surface area contributed by atoms with E-state index < -0.39 is 0 Å². The lowest BCUT2D eigenvalue weighted by Crippen LogP contribution is -1.99. The maximum absolute atomic E-state index is 5.72. The van der Waals surface area contributed by atoms with Crippen LogP contribution >= 0.6 is 0 Å². The number of aromatic amines is 1. The summed E-state index contributed by atoms with van der Waals surface area (Å²) in [5.74, 6) is 0. The first-order valence-electron chi connectivity index (χ1n) is 9.34. The highest BCUT2D eigenvalue weighted by Crippen LogP contribution is 2.34. The highest BCUT2D eigenvalue weighted by atomic mass is 14.7. The zero-order valence-electron chi connectivity index (χ0n) is 15.5. The number of aromatic nitrogens is 2. The average Bonchev–Trinajstić information content (AvgIpc) is 3.00.